The molecule has 1 aromatic rings. The van der Waals surface area contributed by atoms with Gasteiger partial charge in [0.2, 0.25) is 5.89 Å². The van der Waals surface area contributed by atoms with E-state index in [2.05, 4.69) is 36.2 Å². The predicted octanol–water partition coefficient (Wildman–Crippen LogP) is 3.83. The number of rotatable bonds is 4. The van der Waals surface area contributed by atoms with Crippen molar-refractivity contribution in [3.63, 3.8) is 0 Å². The molecular weight excluding hydrogens is 250 g/mol. The normalized spacial score (nSPS) is 18.8. The molecule has 0 atom stereocenters. The molecule has 1 heterocycles. The molecule has 114 valence electrons. The van der Waals surface area contributed by atoms with Gasteiger partial charge in [-0.3, -0.25) is 0 Å². The van der Waals surface area contributed by atoms with Crippen LogP contribution in [0.3, 0.4) is 0 Å². The van der Waals surface area contributed by atoms with Crippen molar-refractivity contribution in [2.24, 2.45) is 0 Å². The number of nitrogens with one attached hydrogen (secondary N) is 1. The highest BCUT2D eigenvalue weighted by molar-refractivity contribution is 4.96. The van der Waals surface area contributed by atoms with E-state index in [1.807, 2.05) is 0 Å². The average Bonchev–Trinajstić information content (AvgIpc) is 2.75. The Hall–Kier alpha value is -0.900. The van der Waals surface area contributed by atoms with Crippen LogP contribution in [0.25, 0.3) is 0 Å². The van der Waals surface area contributed by atoms with Gasteiger partial charge in [-0.1, -0.05) is 37.3 Å². The molecule has 0 unspecified atom stereocenters. The van der Waals surface area contributed by atoms with Gasteiger partial charge in [-0.25, -0.2) is 0 Å². The fraction of sp³-hybridized carbons (Fsp3) is 0.875. The highest BCUT2D eigenvalue weighted by atomic mass is 16.5. The van der Waals surface area contributed by atoms with Crippen molar-refractivity contribution in [3.05, 3.63) is 11.7 Å². The first-order valence-corrected chi connectivity index (χ1v) is 8.12. The van der Waals surface area contributed by atoms with Gasteiger partial charge in [0.15, 0.2) is 5.82 Å². The monoisotopic (exact) mass is 279 g/mol. The van der Waals surface area contributed by atoms with E-state index in [1.54, 1.807) is 0 Å². The van der Waals surface area contributed by atoms with Gasteiger partial charge in [0.1, 0.15) is 0 Å². The zero-order valence-corrected chi connectivity index (χ0v) is 13.2. The largest absolute Gasteiger partial charge is 0.339 e. The molecule has 1 fully saturated rings. The molecule has 4 heteroatoms. The Morgan fingerprint density at radius 2 is 1.75 bits per heavy atom. The molecule has 0 spiro atoms. The van der Waals surface area contributed by atoms with E-state index < -0.39 is 0 Å². The number of hydrogen-bond donors (Lipinski definition) is 1. The zero-order chi connectivity index (χ0) is 14.4. The number of hydrogen-bond acceptors (Lipinski definition) is 4. The molecule has 0 aliphatic heterocycles. The van der Waals surface area contributed by atoms with E-state index in [9.17, 15) is 0 Å². The molecular formula is C16H29N3O. The second-order valence-electron chi connectivity index (χ2n) is 7.02. The van der Waals surface area contributed by atoms with Crippen LogP contribution in [0.1, 0.15) is 83.3 Å². The first-order valence-electron chi connectivity index (χ1n) is 8.12. The lowest BCUT2D eigenvalue weighted by molar-refractivity contribution is 0.351. The first kappa shape index (κ1) is 15.5. The van der Waals surface area contributed by atoms with Crippen molar-refractivity contribution in [2.45, 2.75) is 83.6 Å². The summed E-state index contributed by atoms with van der Waals surface area (Å²) in [5.41, 5.74) is 0.141. The van der Waals surface area contributed by atoms with E-state index in [4.69, 9.17) is 4.52 Å². The van der Waals surface area contributed by atoms with Gasteiger partial charge in [-0.15, -0.1) is 0 Å². The molecule has 1 aliphatic carbocycles. The van der Waals surface area contributed by atoms with Crippen molar-refractivity contribution in [1.29, 1.82) is 0 Å². The minimum absolute atomic E-state index is 0.141. The van der Waals surface area contributed by atoms with Crippen LogP contribution in [0.5, 0.6) is 0 Å². The molecule has 1 saturated carbocycles. The molecule has 1 N–H and O–H groups in total. The molecule has 0 amide bonds. The van der Waals surface area contributed by atoms with Crippen molar-refractivity contribution in [3.8, 4) is 0 Å². The maximum absolute atomic E-state index is 5.40. The van der Waals surface area contributed by atoms with Crippen LogP contribution in [-0.2, 0) is 6.42 Å². The van der Waals surface area contributed by atoms with Crippen molar-refractivity contribution >= 4 is 0 Å². The van der Waals surface area contributed by atoms with Crippen molar-refractivity contribution < 1.29 is 4.52 Å². The Labute approximate surface area is 122 Å². The van der Waals surface area contributed by atoms with Crippen LogP contribution in [0, 0.1) is 0 Å². The Kier molecular flexibility index (Phi) is 5.58. The zero-order valence-electron chi connectivity index (χ0n) is 13.2. The summed E-state index contributed by atoms with van der Waals surface area (Å²) in [5.74, 6) is 2.24. The van der Waals surface area contributed by atoms with Gasteiger partial charge in [-0.05, 0) is 33.6 Å². The lowest BCUT2D eigenvalue weighted by atomic mass is 9.91. The molecule has 0 saturated heterocycles. The van der Waals surface area contributed by atoms with Crippen LogP contribution in [0.15, 0.2) is 4.52 Å². The SMILES string of the molecule is CC(C)(C)NCCc1nc(C2CCCCCCC2)no1. The summed E-state index contributed by atoms with van der Waals surface area (Å²) in [6, 6.07) is 0. The Balaban J connectivity index is 1.84. The fourth-order valence-electron chi connectivity index (χ4n) is 2.79. The average molecular weight is 279 g/mol. The summed E-state index contributed by atoms with van der Waals surface area (Å²) in [6.45, 7) is 7.39. The molecule has 0 aromatic carbocycles. The van der Waals surface area contributed by atoms with E-state index in [-0.39, 0.29) is 5.54 Å². The molecule has 2 rings (SSSR count). The van der Waals surface area contributed by atoms with E-state index in [1.165, 1.54) is 44.9 Å². The molecule has 4 nitrogen and oxygen atoms in total. The third kappa shape index (κ3) is 5.23. The smallest absolute Gasteiger partial charge is 0.227 e. The van der Waals surface area contributed by atoms with E-state index in [0.717, 1.165) is 24.7 Å². The molecule has 1 aromatic heterocycles. The first-order chi connectivity index (χ1) is 9.54. The quantitative estimate of drug-likeness (QED) is 0.910. The number of nitrogens with zero attached hydrogens (tertiary/aromatic N) is 2. The fourth-order valence-corrected chi connectivity index (χ4v) is 2.79. The third-order valence-electron chi connectivity index (χ3n) is 3.95. The molecule has 0 radical (unpaired) electrons. The molecule has 0 bridgehead atoms. The Morgan fingerprint density at radius 3 is 2.40 bits per heavy atom. The van der Waals surface area contributed by atoms with Crippen LogP contribution >= 0.6 is 0 Å². The van der Waals surface area contributed by atoms with Gasteiger partial charge >= 0.3 is 0 Å². The van der Waals surface area contributed by atoms with Gasteiger partial charge in [0.05, 0.1) is 0 Å². The summed E-state index contributed by atoms with van der Waals surface area (Å²) in [7, 11) is 0. The maximum Gasteiger partial charge on any atom is 0.227 e. The van der Waals surface area contributed by atoms with Gasteiger partial charge < -0.3 is 9.84 Å². The topological polar surface area (TPSA) is 51.0 Å². The Bertz CT molecular complexity index is 387. The lowest BCUT2D eigenvalue weighted by Gasteiger charge is -2.19. The second kappa shape index (κ2) is 7.21. The standard InChI is InChI=1S/C16H29N3O/c1-16(2,3)17-12-11-14-18-15(19-20-14)13-9-7-5-4-6-8-10-13/h13,17H,4-12H2,1-3H3. The maximum atomic E-state index is 5.40. The van der Waals surface area contributed by atoms with E-state index >= 15 is 0 Å². The van der Waals surface area contributed by atoms with Crippen molar-refractivity contribution in [1.82, 2.24) is 15.5 Å². The summed E-state index contributed by atoms with van der Waals surface area (Å²) >= 11 is 0. The predicted molar refractivity (Wildman–Crippen MR) is 80.8 cm³/mol. The van der Waals surface area contributed by atoms with Crippen LogP contribution < -0.4 is 5.32 Å². The summed E-state index contributed by atoms with van der Waals surface area (Å²) in [5, 5.41) is 7.66. The minimum atomic E-state index is 0.141. The van der Waals surface area contributed by atoms with Crippen LogP contribution in [0.2, 0.25) is 0 Å². The van der Waals surface area contributed by atoms with Crippen LogP contribution in [0.4, 0.5) is 0 Å². The van der Waals surface area contributed by atoms with Gasteiger partial charge in [0, 0.05) is 24.4 Å². The van der Waals surface area contributed by atoms with Crippen LogP contribution in [-0.4, -0.2) is 22.2 Å². The van der Waals surface area contributed by atoms with E-state index in [0.29, 0.717) is 5.92 Å². The second-order valence-corrected chi connectivity index (χ2v) is 7.02. The third-order valence-corrected chi connectivity index (χ3v) is 3.95. The van der Waals surface area contributed by atoms with Gasteiger partial charge in [0.25, 0.3) is 0 Å². The molecule has 1 aliphatic rings. The Morgan fingerprint density at radius 1 is 1.10 bits per heavy atom. The summed E-state index contributed by atoms with van der Waals surface area (Å²) in [6.07, 6.45) is 9.98. The highest BCUT2D eigenvalue weighted by Gasteiger charge is 2.19. The lowest BCUT2D eigenvalue weighted by Crippen LogP contribution is -2.37. The highest BCUT2D eigenvalue weighted by Crippen LogP contribution is 2.29. The van der Waals surface area contributed by atoms with Gasteiger partial charge in [-0.2, -0.15) is 4.98 Å². The van der Waals surface area contributed by atoms with Crippen molar-refractivity contribution in [2.75, 3.05) is 6.54 Å². The summed E-state index contributed by atoms with van der Waals surface area (Å²) in [4.78, 5) is 4.61. The number of aromatic nitrogens is 2. The minimum Gasteiger partial charge on any atom is -0.339 e. The summed E-state index contributed by atoms with van der Waals surface area (Å²) < 4.78 is 5.40. The molecule has 20 heavy (non-hydrogen) atoms.